The summed E-state index contributed by atoms with van der Waals surface area (Å²) in [5.74, 6) is 8.07. The fourth-order valence-corrected chi connectivity index (χ4v) is 23.3. The maximum Gasteiger partial charge on any atom is 0.415 e. The predicted octanol–water partition coefficient (Wildman–Crippen LogP) is 22.4. The average molecular weight is 1770 g/mol. The summed E-state index contributed by atoms with van der Waals surface area (Å²) in [6.45, 7) is 28.9. The van der Waals surface area contributed by atoms with E-state index in [-0.39, 0.29) is 48.4 Å². The van der Waals surface area contributed by atoms with Crippen molar-refractivity contribution in [3.63, 3.8) is 0 Å². The number of fused-ring (bicyclic) bond motifs is 12. The van der Waals surface area contributed by atoms with Gasteiger partial charge in [0.15, 0.2) is 34.5 Å². The molecule has 9 aromatic rings. The summed E-state index contributed by atoms with van der Waals surface area (Å²) in [7, 11) is 10.00. The zero-order chi connectivity index (χ0) is 91.3. The summed E-state index contributed by atoms with van der Waals surface area (Å²) in [5, 5.41) is 11.1. The number of hydrogen-bond donors (Lipinski definition) is 0. The highest BCUT2D eigenvalue weighted by molar-refractivity contribution is 5.74. The van der Waals surface area contributed by atoms with Crippen molar-refractivity contribution in [3.8, 4) is 46.0 Å². The van der Waals surface area contributed by atoms with Crippen LogP contribution in [0.15, 0.2) is 158 Å². The molecule has 9 aliphatic rings. The Morgan fingerprint density at radius 3 is 0.962 bits per heavy atom. The highest BCUT2D eigenvalue weighted by atomic mass is 16.6. The largest absolute Gasteiger partial charge is 0.493 e. The molecule has 9 aromatic carbocycles. The molecule has 9 heterocycles. The Morgan fingerprint density at radius 2 is 0.638 bits per heavy atom. The molecule has 12 atom stereocenters. The number of benzene rings is 9. The number of rotatable bonds is 20. The van der Waals surface area contributed by atoms with Crippen LogP contribution in [0.4, 0.5) is 20.1 Å². The minimum Gasteiger partial charge on any atom is -0.493 e. The molecular formula is C109H133N7O14. The molecule has 3 saturated heterocycles. The number of methoxy groups -OCH3 is 6. The van der Waals surface area contributed by atoms with Crippen LogP contribution < -0.4 is 37.9 Å². The first-order valence-corrected chi connectivity index (χ1v) is 47.5. The highest BCUT2D eigenvalue weighted by Gasteiger charge is 2.47. The molecule has 0 spiro atoms. The quantitative estimate of drug-likeness (QED) is 0.0515. The van der Waals surface area contributed by atoms with E-state index in [2.05, 4.69) is 138 Å². The number of piperidine rings is 3. The molecule has 0 radical (unpaired) electrons. The molecular weight excluding hydrogens is 1630 g/mol. The average Bonchev–Trinajstić information content (AvgIpc) is 0.762. The van der Waals surface area contributed by atoms with Crippen molar-refractivity contribution in [1.82, 2.24) is 29.4 Å². The molecule has 3 fully saturated rings. The van der Waals surface area contributed by atoms with Crippen LogP contribution in [0.25, 0.3) is 0 Å². The zero-order valence-electron chi connectivity index (χ0n) is 79.0. The number of nitrogens with zero attached hydrogens (tertiary/aromatic N) is 7. The van der Waals surface area contributed by atoms with E-state index < -0.39 is 11.0 Å². The number of non-ortho nitro benzene ring substituents is 1. The fourth-order valence-electron chi connectivity index (χ4n) is 23.3. The lowest BCUT2D eigenvalue weighted by atomic mass is 9.72. The molecule has 688 valence electrons. The number of para-hydroxylation sites is 1. The Bertz CT molecular complexity index is 5550. The molecule has 9 aliphatic heterocycles. The Hall–Kier alpha value is -11.1. The fraction of sp³-hybridized carbons (Fsp3) is 0.477. The van der Waals surface area contributed by atoms with Crippen molar-refractivity contribution in [3.05, 3.63) is 274 Å². The van der Waals surface area contributed by atoms with Gasteiger partial charge in [-0.15, -0.1) is 0 Å². The molecule has 130 heavy (non-hydrogen) atoms. The van der Waals surface area contributed by atoms with Gasteiger partial charge in [0.2, 0.25) is 0 Å². The van der Waals surface area contributed by atoms with Crippen LogP contribution in [0.5, 0.6) is 46.0 Å². The van der Waals surface area contributed by atoms with Gasteiger partial charge in [0, 0.05) is 89.2 Å². The lowest BCUT2D eigenvalue weighted by Gasteiger charge is -2.49. The van der Waals surface area contributed by atoms with E-state index in [9.17, 15) is 24.5 Å². The lowest BCUT2D eigenvalue weighted by molar-refractivity contribution is -0.384. The van der Waals surface area contributed by atoms with E-state index in [1.807, 2.05) is 87.5 Å². The van der Waals surface area contributed by atoms with Gasteiger partial charge in [0.05, 0.1) is 65.7 Å². The van der Waals surface area contributed by atoms with Crippen molar-refractivity contribution >= 4 is 24.0 Å². The third-order valence-corrected chi connectivity index (χ3v) is 30.9. The number of aryl methyl sites for hydroxylation is 6. The van der Waals surface area contributed by atoms with Crippen LogP contribution in [0, 0.1) is 87.2 Å². The number of carbonyl (C=O) groups excluding carboxylic acids is 3. The number of ether oxygens (including phenoxy) is 9. The molecule has 21 heteroatoms. The second kappa shape index (κ2) is 40.7. The van der Waals surface area contributed by atoms with E-state index >= 15 is 0 Å². The lowest BCUT2D eigenvalue weighted by Crippen LogP contribution is -2.48. The molecule has 0 N–H and O–H groups in total. The van der Waals surface area contributed by atoms with Crippen LogP contribution in [-0.4, -0.2) is 154 Å². The molecule has 12 unspecified atom stereocenters. The number of amides is 3. The monoisotopic (exact) mass is 1760 g/mol. The standard InChI is InChI=1S/C37H46N2O4.C36H43N3O6.C36H44N2O4/c1-6-27-22-38-14-12-28-16-24(2)25(3)17-31(28)33(38)18-30(27)19-34-32-21-36(42-5)35(41-4)20-29(32)13-15-39(34)37(40)43-23-26-10-8-7-9-11-26;1-6-24-21-37-13-11-25-15-22(2)23(3)16-30(25)32(37)17-27(24)18-33-31-20-35(44-5)34(43-4)19-26(31)12-14-38(33)36(40)45-29-9-7-28(8-10-29)39(41)42;1-6-25-22-37-14-12-26-16-23(2)24(3)17-30(26)32(37)18-28(25)19-33-31-21-35(41-5)34(40-4)20-27(31)13-15-38(33)36(39)42-29-10-8-7-9-11-29/h7-11,16-17,20-21,27,30,33-34H,6,12-15,18-19,22-23H2,1-5H3;7-10,15-16,19-20,24,27,32-33H,6,11-14,17-18,21H2,1-5H3;7-11,16-17,20-21,25,28,32-33H,6,12-15,18-19,22H2,1-5H3. The van der Waals surface area contributed by atoms with Gasteiger partial charge in [-0.1, -0.05) is 125 Å². The Kier molecular flexibility index (Phi) is 28.9. The second-order valence-electron chi connectivity index (χ2n) is 37.8. The van der Waals surface area contributed by atoms with Gasteiger partial charge < -0.3 is 57.3 Å². The maximum atomic E-state index is 13.8. The summed E-state index contributed by atoms with van der Waals surface area (Å²) < 4.78 is 51.8. The van der Waals surface area contributed by atoms with E-state index in [0.29, 0.717) is 108 Å². The van der Waals surface area contributed by atoms with Crippen molar-refractivity contribution in [1.29, 1.82) is 0 Å². The van der Waals surface area contributed by atoms with Crippen LogP contribution >= 0.6 is 0 Å². The van der Waals surface area contributed by atoms with Gasteiger partial charge in [-0.25, -0.2) is 14.4 Å². The minimum absolute atomic E-state index is 0.0489. The maximum absolute atomic E-state index is 13.8. The SMILES string of the molecule is CCC1CN2CCc3cc(C)c(C)cc3C2CC1CC1c2cc(OC)c(OC)cc2CCN1C(=O)OCc1ccccc1.CCC1CN2CCc3cc(C)c(C)cc3C2CC1CC1c2cc(OC)c(OC)cc2CCN1C(=O)Oc1ccc([N+](=O)[O-])cc1.CCC1CN2CCc3cc(C)c(C)cc3C2CC1CC1c2cc(OC)c(OC)cc2CCN1C(=O)Oc1ccccc1. The molecule has 0 aromatic heterocycles. The Labute approximate surface area is 769 Å². The molecule has 18 rings (SSSR count). The van der Waals surface area contributed by atoms with E-state index in [0.717, 1.165) is 168 Å². The summed E-state index contributed by atoms with van der Waals surface area (Å²) in [5.41, 5.74) is 25.1. The second-order valence-corrected chi connectivity index (χ2v) is 37.8. The van der Waals surface area contributed by atoms with Crippen molar-refractivity contribution in [2.75, 3.05) is 102 Å². The zero-order valence-corrected chi connectivity index (χ0v) is 79.0. The van der Waals surface area contributed by atoms with Crippen molar-refractivity contribution in [2.24, 2.45) is 35.5 Å². The smallest absolute Gasteiger partial charge is 0.415 e. The predicted molar refractivity (Wildman–Crippen MR) is 508 cm³/mol. The number of nitro benzene ring substituents is 1. The van der Waals surface area contributed by atoms with Gasteiger partial charge in [0.1, 0.15) is 18.1 Å². The van der Waals surface area contributed by atoms with E-state index in [1.54, 1.807) is 42.7 Å². The summed E-state index contributed by atoms with van der Waals surface area (Å²) in [6, 6.07) is 52.8. The third kappa shape index (κ3) is 19.5. The molecule has 0 bridgehead atoms. The van der Waals surface area contributed by atoms with Crippen molar-refractivity contribution < 1.29 is 61.9 Å². The molecule has 0 aliphatic carbocycles. The van der Waals surface area contributed by atoms with Crippen molar-refractivity contribution in [2.45, 2.75) is 201 Å². The topological polar surface area (TPSA) is 197 Å². The Morgan fingerprint density at radius 1 is 0.346 bits per heavy atom. The van der Waals surface area contributed by atoms with Gasteiger partial charge in [-0.3, -0.25) is 24.8 Å². The van der Waals surface area contributed by atoms with Crippen LogP contribution in [0.2, 0.25) is 0 Å². The minimum atomic E-state index is -0.465. The van der Waals surface area contributed by atoms with Crippen LogP contribution in [0.1, 0.15) is 221 Å². The normalized spacial score (nSPS) is 23.0. The molecule has 3 amide bonds. The van der Waals surface area contributed by atoms with E-state index in [4.69, 9.17) is 42.6 Å². The summed E-state index contributed by atoms with van der Waals surface area (Å²) >= 11 is 0. The first-order valence-electron chi connectivity index (χ1n) is 47.5. The van der Waals surface area contributed by atoms with Crippen LogP contribution in [-0.2, 0) is 49.9 Å². The van der Waals surface area contributed by atoms with Gasteiger partial charge in [-0.2, -0.15) is 0 Å². The summed E-state index contributed by atoms with van der Waals surface area (Å²) in [6.07, 6.45) is 13.8. The Balaban J connectivity index is 0.000000143. The van der Waals surface area contributed by atoms with Gasteiger partial charge >= 0.3 is 18.3 Å². The molecule has 0 saturated carbocycles. The first-order chi connectivity index (χ1) is 63.0. The third-order valence-electron chi connectivity index (χ3n) is 30.9. The first kappa shape index (κ1) is 92.2. The number of carbonyl (C=O) groups is 3. The van der Waals surface area contributed by atoms with E-state index in [1.165, 1.54) is 102 Å². The van der Waals surface area contributed by atoms with Gasteiger partial charge in [-0.05, 0) is 320 Å². The highest BCUT2D eigenvalue weighted by Crippen LogP contribution is 2.54. The van der Waals surface area contributed by atoms with Gasteiger partial charge in [0.25, 0.3) is 5.69 Å². The number of nitro groups is 1. The van der Waals surface area contributed by atoms with Crippen LogP contribution in [0.3, 0.4) is 0 Å². The number of hydrogen-bond acceptors (Lipinski definition) is 17. The summed E-state index contributed by atoms with van der Waals surface area (Å²) in [4.78, 5) is 66.0. The molecule has 21 nitrogen and oxygen atoms in total.